The van der Waals surface area contributed by atoms with Gasteiger partial charge in [0.15, 0.2) is 0 Å². The van der Waals surface area contributed by atoms with Crippen LogP contribution in [0.1, 0.15) is 43.2 Å². The molecule has 1 aliphatic rings. The molecule has 2 aromatic rings. The van der Waals surface area contributed by atoms with Gasteiger partial charge in [0.05, 0.1) is 11.7 Å². The molecule has 20 heavy (non-hydrogen) atoms. The highest BCUT2D eigenvalue weighted by Crippen LogP contribution is 2.28. The van der Waals surface area contributed by atoms with Gasteiger partial charge < -0.3 is 9.88 Å². The van der Waals surface area contributed by atoms with Crippen LogP contribution < -0.4 is 5.32 Å². The topological polar surface area (TPSA) is 60.6 Å². The minimum absolute atomic E-state index is 0.627. The highest BCUT2D eigenvalue weighted by Gasteiger charge is 2.17. The first-order valence-corrected chi connectivity index (χ1v) is 7.40. The lowest BCUT2D eigenvalue weighted by atomic mass is 10.3. The molecule has 0 atom stereocenters. The third-order valence-electron chi connectivity index (χ3n) is 4.00. The average Bonchev–Trinajstić information content (AvgIpc) is 3.17. The number of nitrogens with zero attached hydrogens (tertiary/aromatic N) is 5. The summed E-state index contributed by atoms with van der Waals surface area (Å²) in [6.45, 7) is 1.71. The van der Waals surface area contributed by atoms with Crippen molar-refractivity contribution >= 4 is 0 Å². The summed E-state index contributed by atoms with van der Waals surface area (Å²) in [5.74, 6) is 1.01. The van der Waals surface area contributed by atoms with Crippen molar-refractivity contribution in [3.05, 3.63) is 30.1 Å². The zero-order valence-corrected chi connectivity index (χ0v) is 12.0. The van der Waals surface area contributed by atoms with E-state index in [1.54, 1.807) is 6.33 Å². The van der Waals surface area contributed by atoms with E-state index in [0.717, 1.165) is 31.0 Å². The maximum absolute atomic E-state index is 4.67. The molecular weight excluding hydrogens is 252 g/mol. The standard InChI is InChI=1S/C14H22N6/c1-19-11-16-17-14(19)6-8-15-10-12-7-9-20(18-12)13-4-2-3-5-13/h7,9,11,13,15H,2-6,8,10H2,1H3. The fraction of sp³-hybridized carbons (Fsp3) is 0.643. The lowest BCUT2D eigenvalue weighted by Gasteiger charge is -2.09. The normalized spacial score (nSPS) is 16.1. The third kappa shape index (κ3) is 3.07. The van der Waals surface area contributed by atoms with Crippen LogP contribution in [0.4, 0.5) is 0 Å². The second-order valence-corrected chi connectivity index (χ2v) is 5.51. The minimum atomic E-state index is 0.627. The molecule has 2 heterocycles. The SMILES string of the molecule is Cn1cnnc1CCNCc1ccn(C2CCCC2)n1. The Morgan fingerprint density at radius 3 is 2.95 bits per heavy atom. The maximum atomic E-state index is 4.67. The van der Waals surface area contributed by atoms with Crippen LogP contribution in [0.5, 0.6) is 0 Å². The first-order valence-electron chi connectivity index (χ1n) is 7.40. The lowest BCUT2D eigenvalue weighted by molar-refractivity contribution is 0.461. The van der Waals surface area contributed by atoms with Crippen molar-refractivity contribution in [2.24, 2.45) is 7.05 Å². The van der Waals surface area contributed by atoms with Crippen LogP contribution in [0.2, 0.25) is 0 Å². The van der Waals surface area contributed by atoms with Gasteiger partial charge in [0.2, 0.25) is 0 Å². The minimum Gasteiger partial charge on any atom is -0.321 e. The Morgan fingerprint density at radius 2 is 2.20 bits per heavy atom. The van der Waals surface area contributed by atoms with Crippen molar-refractivity contribution < 1.29 is 0 Å². The zero-order chi connectivity index (χ0) is 13.8. The summed E-state index contributed by atoms with van der Waals surface area (Å²) in [7, 11) is 1.97. The number of hydrogen-bond acceptors (Lipinski definition) is 4. The Hall–Kier alpha value is -1.69. The Bertz CT molecular complexity index is 537. The third-order valence-corrected chi connectivity index (χ3v) is 4.00. The van der Waals surface area contributed by atoms with Crippen LogP contribution in [0.15, 0.2) is 18.6 Å². The first-order chi connectivity index (χ1) is 9.83. The smallest absolute Gasteiger partial charge is 0.133 e. The Balaban J connectivity index is 1.43. The van der Waals surface area contributed by atoms with Gasteiger partial charge in [0.1, 0.15) is 12.2 Å². The fourth-order valence-corrected chi connectivity index (χ4v) is 2.79. The van der Waals surface area contributed by atoms with Crippen LogP contribution >= 0.6 is 0 Å². The van der Waals surface area contributed by atoms with E-state index in [2.05, 4.69) is 37.6 Å². The van der Waals surface area contributed by atoms with E-state index in [1.165, 1.54) is 25.7 Å². The fourth-order valence-electron chi connectivity index (χ4n) is 2.79. The summed E-state index contributed by atoms with van der Waals surface area (Å²) in [5.41, 5.74) is 1.12. The molecule has 1 fully saturated rings. The van der Waals surface area contributed by atoms with Crippen LogP contribution in [0.3, 0.4) is 0 Å². The number of nitrogens with one attached hydrogen (secondary N) is 1. The lowest BCUT2D eigenvalue weighted by Crippen LogP contribution is -2.18. The van der Waals surface area contributed by atoms with Gasteiger partial charge >= 0.3 is 0 Å². The zero-order valence-electron chi connectivity index (χ0n) is 12.0. The van der Waals surface area contributed by atoms with Crippen LogP contribution in [0.25, 0.3) is 0 Å². The quantitative estimate of drug-likeness (QED) is 0.810. The van der Waals surface area contributed by atoms with Crippen molar-refractivity contribution in [3.8, 4) is 0 Å². The van der Waals surface area contributed by atoms with Crippen LogP contribution in [0, 0.1) is 0 Å². The van der Waals surface area contributed by atoms with Gasteiger partial charge in [0.25, 0.3) is 0 Å². The number of hydrogen-bond donors (Lipinski definition) is 1. The van der Waals surface area contributed by atoms with Gasteiger partial charge in [-0.15, -0.1) is 10.2 Å². The van der Waals surface area contributed by atoms with Crippen molar-refractivity contribution in [2.45, 2.75) is 44.7 Å². The molecule has 1 aliphatic carbocycles. The molecule has 0 unspecified atom stereocenters. The van der Waals surface area contributed by atoms with Crippen molar-refractivity contribution in [1.82, 2.24) is 29.9 Å². The monoisotopic (exact) mass is 274 g/mol. The molecule has 0 saturated heterocycles. The highest BCUT2D eigenvalue weighted by molar-refractivity contribution is 5.00. The van der Waals surface area contributed by atoms with E-state index in [1.807, 2.05) is 11.6 Å². The van der Waals surface area contributed by atoms with Crippen molar-refractivity contribution in [3.63, 3.8) is 0 Å². The largest absolute Gasteiger partial charge is 0.321 e. The molecule has 1 saturated carbocycles. The second-order valence-electron chi connectivity index (χ2n) is 5.51. The average molecular weight is 274 g/mol. The predicted molar refractivity (Wildman–Crippen MR) is 76.1 cm³/mol. The van der Waals surface area contributed by atoms with Gasteiger partial charge in [-0.1, -0.05) is 12.8 Å². The molecule has 3 rings (SSSR count). The Labute approximate surface area is 119 Å². The van der Waals surface area contributed by atoms with Gasteiger partial charge in [-0.05, 0) is 18.9 Å². The van der Waals surface area contributed by atoms with Crippen molar-refractivity contribution in [2.75, 3.05) is 6.54 Å². The van der Waals surface area contributed by atoms with E-state index >= 15 is 0 Å². The number of aromatic nitrogens is 5. The Kier molecular flexibility index (Phi) is 4.11. The number of aryl methyl sites for hydroxylation is 1. The molecule has 0 aliphatic heterocycles. The summed E-state index contributed by atoms with van der Waals surface area (Å²) in [6.07, 6.45) is 9.99. The molecule has 1 N–H and O–H groups in total. The van der Waals surface area contributed by atoms with E-state index in [-0.39, 0.29) is 0 Å². The summed E-state index contributed by atoms with van der Waals surface area (Å²) >= 11 is 0. The Morgan fingerprint density at radius 1 is 1.35 bits per heavy atom. The molecule has 0 bridgehead atoms. The molecule has 0 aromatic carbocycles. The summed E-state index contributed by atoms with van der Waals surface area (Å²) < 4.78 is 4.10. The van der Waals surface area contributed by atoms with Gasteiger partial charge in [-0.2, -0.15) is 5.10 Å². The molecule has 0 amide bonds. The van der Waals surface area contributed by atoms with E-state index < -0.39 is 0 Å². The summed E-state index contributed by atoms with van der Waals surface area (Å²) in [4.78, 5) is 0. The van der Waals surface area contributed by atoms with Gasteiger partial charge in [-0.3, -0.25) is 4.68 Å². The van der Waals surface area contributed by atoms with Crippen LogP contribution in [-0.4, -0.2) is 31.1 Å². The number of rotatable bonds is 6. The molecule has 108 valence electrons. The second kappa shape index (κ2) is 6.17. The predicted octanol–water partition coefficient (Wildman–Crippen LogP) is 1.46. The molecule has 0 spiro atoms. The maximum Gasteiger partial charge on any atom is 0.133 e. The summed E-state index contributed by atoms with van der Waals surface area (Å²) in [6, 6.07) is 2.75. The van der Waals surface area contributed by atoms with Crippen LogP contribution in [-0.2, 0) is 20.0 Å². The molecule has 2 aromatic heterocycles. The van der Waals surface area contributed by atoms with E-state index in [0.29, 0.717) is 6.04 Å². The summed E-state index contributed by atoms with van der Waals surface area (Å²) in [5, 5.41) is 16.0. The first kappa shape index (κ1) is 13.3. The van der Waals surface area contributed by atoms with E-state index in [4.69, 9.17) is 0 Å². The molecule has 0 radical (unpaired) electrons. The molecule has 6 heteroatoms. The van der Waals surface area contributed by atoms with E-state index in [9.17, 15) is 0 Å². The molecular formula is C14H22N6. The van der Waals surface area contributed by atoms with Crippen molar-refractivity contribution in [1.29, 1.82) is 0 Å². The molecule has 6 nitrogen and oxygen atoms in total. The highest BCUT2D eigenvalue weighted by atomic mass is 15.3. The van der Waals surface area contributed by atoms with Gasteiger partial charge in [-0.25, -0.2) is 0 Å². The van der Waals surface area contributed by atoms with Gasteiger partial charge in [0, 0.05) is 32.8 Å².